The Labute approximate surface area is 223 Å². The number of halogens is 2. The molecule has 2 aromatic carbocycles. The predicted molar refractivity (Wildman–Crippen MR) is 144 cm³/mol. The van der Waals surface area contributed by atoms with E-state index in [2.05, 4.69) is 5.32 Å². The van der Waals surface area contributed by atoms with Gasteiger partial charge in [-0.3, -0.25) is 13.9 Å². The minimum absolute atomic E-state index is 0.0802. The summed E-state index contributed by atoms with van der Waals surface area (Å²) in [5.41, 5.74) is 0.307. The van der Waals surface area contributed by atoms with Crippen LogP contribution >= 0.6 is 23.2 Å². The van der Waals surface area contributed by atoms with Gasteiger partial charge in [0.2, 0.25) is 21.8 Å². The van der Waals surface area contributed by atoms with Gasteiger partial charge in [0.25, 0.3) is 0 Å². The smallest absolute Gasteiger partial charge is 0.244 e. The van der Waals surface area contributed by atoms with E-state index in [1.54, 1.807) is 38.3 Å². The third-order valence-electron chi connectivity index (χ3n) is 5.25. The number of methoxy groups -OCH3 is 1. The maximum Gasteiger partial charge on any atom is 0.244 e. The Morgan fingerprint density at radius 1 is 1.08 bits per heavy atom. The van der Waals surface area contributed by atoms with E-state index in [0.717, 1.165) is 16.1 Å². The lowest BCUT2D eigenvalue weighted by Crippen LogP contribution is -2.55. The highest BCUT2D eigenvalue weighted by molar-refractivity contribution is 7.92. The highest BCUT2D eigenvalue weighted by atomic mass is 35.5. The normalized spacial score (nSPS) is 12.6. The number of hydrogen-bond acceptors (Lipinski definition) is 5. The van der Waals surface area contributed by atoms with Gasteiger partial charge in [-0.1, -0.05) is 42.3 Å². The lowest BCUT2D eigenvalue weighted by atomic mass is 10.1. The minimum Gasteiger partial charge on any atom is -0.497 e. The fraction of sp³-hybridized carbons (Fsp3) is 0.440. The van der Waals surface area contributed by atoms with Crippen LogP contribution in [0.25, 0.3) is 0 Å². The summed E-state index contributed by atoms with van der Waals surface area (Å²) in [6, 6.07) is 10.6. The van der Waals surface area contributed by atoms with E-state index in [1.807, 2.05) is 20.8 Å². The SMILES string of the molecule is CC[C@H](C(=O)NC(C)(C)C)N(Cc1ccc(OC)cc1)C(=O)CN(c1cc(Cl)ccc1Cl)S(C)(=O)=O. The van der Waals surface area contributed by atoms with Gasteiger partial charge in [0.1, 0.15) is 18.3 Å². The van der Waals surface area contributed by atoms with Gasteiger partial charge < -0.3 is 15.0 Å². The molecular weight excluding hydrogens is 525 g/mol. The molecule has 0 heterocycles. The van der Waals surface area contributed by atoms with Crippen molar-refractivity contribution < 1.29 is 22.7 Å². The molecule has 0 aliphatic heterocycles. The van der Waals surface area contributed by atoms with Crippen molar-refractivity contribution in [1.29, 1.82) is 0 Å². The first kappa shape index (κ1) is 29.7. The van der Waals surface area contributed by atoms with Gasteiger partial charge >= 0.3 is 0 Å². The predicted octanol–water partition coefficient (Wildman–Crippen LogP) is 4.49. The van der Waals surface area contributed by atoms with Crippen LogP contribution in [0.15, 0.2) is 42.5 Å². The van der Waals surface area contributed by atoms with Crippen molar-refractivity contribution in [3.8, 4) is 5.75 Å². The van der Waals surface area contributed by atoms with Gasteiger partial charge in [-0.05, 0) is 63.1 Å². The van der Waals surface area contributed by atoms with Gasteiger partial charge in [0.15, 0.2) is 0 Å². The number of ether oxygens (including phenoxy) is 1. The number of carbonyl (C=O) groups is 2. The number of benzene rings is 2. The van der Waals surface area contributed by atoms with Crippen molar-refractivity contribution >= 4 is 50.7 Å². The summed E-state index contributed by atoms with van der Waals surface area (Å²) in [4.78, 5) is 28.3. The van der Waals surface area contributed by atoms with E-state index in [-0.39, 0.29) is 28.2 Å². The molecule has 198 valence electrons. The average molecular weight is 559 g/mol. The summed E-state index contributed by atoms with van der Waals surface area (Å²) < 4.78 is 31.5. The van der Waals surface area contributed by atoms with Gasteiger partial charge in [0.05, 0.1) is 24.1 Å². The van der Waals surface area contributed by atoms with Crippen molar-refractivity contribution in [2.45, 2.75) is 52.2 Å². The molecule has 1 N–H and O–H groups in total. The molecule has 36 heavy (non-hydrogen) atoms. The third-order valence-corrected chi connectivity index (χ3v) is 6.93. The van der Waals surface area contributed by atoms with Gasteiger partial charge in [0, 0.05) is 17.1 Å². The van der Waals surface area contributed by atoms with Crippen LogP contribution in [0.5, 0.6) is 5.75 Å². The zero-order valence-electron chi connectivity index (χ0n) is 21.3. The average Bonchev–Trinajstić information content (AvgIpc) is 2.77. The van der Waals surface area contributed by atoms with Gasteiger partial charge in [-0.15, -0.1) is 0 Å². The number of anilines is 1. The number of rotatable bonds is 10. The maximum absolute atomic E-state index is 13.7. The maximum atomic E-state index is 13.7. The van der Waals surface area contributed by atoms with Crippen molar-refractivity contribution in [3.63, 3.8) is 0 Å². The van der Waals surface area contributed by atoms with E-state index in [0.29, 0.717) is 12.2 Å². The van der Waals surface area contributed by atoms with Crippen LogP contribution in [-0.4, -0.2) is 56.6 Å². The quantitative estimate of drug-likeness (QED) is 0.464. The molecule has 0 saturated carbocycles. The molecule has 0 fully saturated rings. The molecule has 1 atom stereocenters. The molecule has 8 nitrogen and oxygen atoms in total. The highest BCUT2D eigenvalue weighted by Gasteiger charge is 2.33. The summed E-state index contributed by atoms with van der Waals surface area (Å²) in [6.07, 6.45) is 1.30. The second-order valence-electron chi connectivity index (χ2n) is 9.40. The Kier molecular flexibility index (Phi) is 10.0. The fourth-order valence-electron chi connectivity index (χ4n) is 3.57. The van der Waals surface area contributed by atoms with E-state index in [1.165, 1.54) is 23.1 Å². The first-order valence-corrected chi connectivity index (χ1v) is 13.9. The molecule has 2 rings (SSSR count). The van der Waals surface area contributed by atoms with Crippen LogP contribution < -0.4 is 14.4 Å². The summed E-state index contributed by atoms with van der Waals surface area (Å²) >= 11 is 12.3. The lowest BCUT2D eigenvalue weighted by molar-refractivity contribution is -0.141. The monoisotopic (exact) mass is 557 g/mol. The molecule has 0 saturated heterocycles. The summed E-state index contributed by atoms with van der Waals surface area (Å²) in [6.45, 7) is 6.86. The Balaban J connectivity index is 2.50. The Hall–Kier alpha value is -2.49. The summed E-state index contributed by atoms with van der Waals surface area (Å²) in [5.74, 6) is -0.255. The minimum atomic E-state index is -3.92. The fourth-order valence-corrected chi connectivity index (χ4v) is 4.86. The van der Waals surface area contributed by atoms with Gasteiger partial charge in [-0.2, -0.15) is 0 Å². The largest absolute Gasteiger partial charge is 0.497 e. The van der Waals surface area contributed by atoms with Crippen molar-refractivity contribution in [1.82, 2.24) is 10.2 Å². The number of sulfonamides is 1. The van der Waals surface area contributed by atoms with Crippen molar-refractivity contribution in [2.75, 3.05) is 24.2 Å². The number of nitrogens with zero attached hydrogens (tertiary/aromatic N) is 2. The first-order chi connectivity index (χ1) is 16.7. The zero-order chi connectivity index (χ0) is 27.3. The molecule has 11 heteroatoms. The van der Waals surface area contributed by atoms with E-state index in [9.17, 15) is 18.0 Å². The molecular formula is C25H33Cl2N3O5S. The first-order valence-electron chi connectivity index (χ1n) is 11.3. The van der Waals surface area contributed by atoms with Crippen LogP contribution in [0.4, 0.5) is 5.69 Å². The number of amides is 2. The van der Waals surface area contributed by atoms with Gasteiger partial charge in [-0.25, -0.2) is 8.42 Å². The molecule has 2 amide bonds. The Morgan fingerprint density at radius 3 is 2.19 bits per heavy atom. The molecule has 2 aromatic rings. The standard InChI is InChI=1S/C25H33Cl2N3O5S/c1-7-21(24(32)28-25(2,3)4)29(15-17-8-11-19(35-5)12-9-17)23(31)16-30(36(6,33)34)22-14-18(26)10-13-20(22)27/h8-14,21H,7,15-16H2,1-6H3,(H,28,32)/t21-/m1/s1. The van der Waals surface area contributed by atoms with E-state index >= 15 is 0 Å². The molecule has 0 aromatic heterocycles. The van der Waals surface area contributed by atoms with Crippen LogP contribution in [0.1, 0.15) is 39.7 Å². The second-order valence-corrected chi connectivity index (χ2v) is 12.1. The van der Waals surface area contributed by atoms with E-state index in [4.69, 9.17) is 27.9 Å². The molecule has 0 aliphatic carbocycles. The highest BCUT2D eigenvalue weighted by Crippen LogP contribution is 2.31. The topological polar surface area (TPSA) is 96.0 Å². The lowest BCUT2D eigenvalue weighted by Gasteiger charge is -2.34. The van der Waals surface area contributed by atoms with Crippen LogP contribution in [0, 0.1) is 0 Å². The van der Waals surface area contributed by atoms with Crippen molar-refractivity contribution in [3.05, 3.63) is 58.1 Å². The molecule has 0 unspecified atom stereocenters. The van der Waals surface area contributed by atoms with Crippen molar-refractivity contribution in [2.24, 2.45) is 0 Å². The molecule has 0 radical (unpaired) electrons. The van der Waals surface area contributed by atoms with Crippen LogP contribution in [-0.2, 0) is 26.2 Å². The summed E-state index contributed by atoms with van der Waals surface area (Å²) in [7, 11) is -2.37. The molecule has 0 bridgehead atoms. The molecule has 0 aliphatic rings. The zero-order valence-corrected chi connectivity index (χ0v) is 23.7. The molecule has 0 spiro atoms. The van der Waals surface area contributed by atoms with Crippen LogP contribution in [0.3, 0.4) is 0 Å². The number of hydrogen-bond donors (Lipinski definition) is 1. The summed E-state index contributed by atoms with van der Waals surface area (Å²) in [5, 5.41) is 3.31. The third kappa shape index (κ3) is 8.28. The number of nitrogens with one attached hydrogen (secondary N) is 1. The Bertz CT molecular complexity index is 1180. The van der Waals surface area contributed by atoms with E-state index < -0.39 is 34.1 Å². The van der Waals surface area contributed by atoms with Crippen LogP contribution in [0.2, 0.25) is 10.0 Å². The second kappa shape index (κ2) is 12.2. The number of carbonyl (C=O) groups excluding carboxylic acids is 2. The Morgan fingerprint density at radius 2 is 1.69 bits per heavy atom.